The minimum absolute atomic E-state index is 0.0492. The molecule has 3 aromatic rings. The first-order valence-electron chi connectivity index (χ1n) is 7.42. The molecule has 0 bridgehead atoms. The van der Waals surface area contributed by atoms with Gasteiger partial charge < -0.3 is 4.57 Å². The third-order valence-electron chi connectivity index (χ3n) is 4.26. The molecule has 1 heterocycles. The lowest BCUT2D eigenvalue weighted by Gasteiger charge is -2.18. The minimum atomic E-state index is 0.0492. The first kappa shape index (κ1) is 14.3. The summed E-state index contributed by atoms with van der Waals surface area (Å²) < 4.78 is 1.76. The van der Waals surface area contributed by atoms with Crippen molar-refractivity contribution in [1.29, 1.82) is 0 Å². The molecule has 0 aliphatic rings. The van der Waals surface area contributed by atoms with Crippen LogP contribution in [-0.2, 0) is 7.05 Å². The summed E-state index contributed by atoms with van der Waals surface area (Å²) in [6, 6.07) is 20.0. The van der Waals surface area contributed by atoms with Crippen molar-refractivity contribution in [2.75, 3.05) is 0 Å². The molecule has 0 saturated heterocycles. The zero-order valence-electron chi connectivity index (χ0n) is 13.1. The third-order valence-corrected chi connectivity index (χ3v) is 4.26. The second-order valence-electron chi connectivity index (χ2n) is 5.57. The average molecular weight is 289 g/mol. The van der Waals surface area contributed by atoms with Crippen molar-refractivity contribution >= 4 is 0 Å². The first-order chi connectivity index (χ1) is 10.6. The molecule has 110 valence electrons. The van der Waals surface area contributed by atoms with Crippen LogP contribution in [0.25, 0.3) is 22.4 Å². The van der Waals surface area contributed by atoms with Crippen molar-refractivity contribution in [2.45, 2.75) is 13.8 Å². The van der Waals surface area contributed by atoms with Crippen LogP contribution < -0.4 is 5.56 Å². The second kappa shape index (κ2) is 5.64. The SMILES string of the molecule is Cc1c(C)c(-c2ccccc2)n(C)c(=O)c1-c1ccccc1. The van der Waals surface area contributed by atoms with Gasteiger partial charge in [-0.05, 0) is 36.1 Å². The molecule has 0 radical (unpaired) electrons. The fraction of sp³-hybridized carbons (Fsp3) is 0.150. The van der Waals surface area contributed by atoms with Gasteiger partial charge >= 0.3 is 0 Å². The lowest BCUT2D eigenvalue weighted by atomic mass is 9.95. The van der Waals surface area contributed by atoms with Crippen LogP contribution in [0.3, 0.4) is 0 Å². The summed E-state index contributed by atoms with van der Waals surface area (Å²) in [5.74, 6) is 0. The lowest BCUT2D eigenvalue weighted by Crippen LogP contribution is -2.23. The Hall–Kier alpha value is -2.61. The van der Waals surface area contributed by atoms with Gasteiger partial charge in [0, 0.05) is 7.05 Å². The molecule has 0 saturated carbocycles. The van der Waals surface area contributed by atoms with Crippen LogP contribution in [0, 0.1) is 13.8 Å². The normalized spacial score (nSPS) is 10.7. The summed E-state index contributed by atoms with van der Waals surface area (Å²) >= 11 is 0. The summed E-state index contributed by atoms with van der Waals surface area (Å²) in [5, 5.41) is 0. The van der Waals surface area contributed by atoms with E-state index in [1.165, 1.54) is 0 Å². The van der Waals surface area contributed by atoms with Gasteiger partial charge in [-0.25, -0.2) is 0 Å². The van der Waals surface area contributed by atoms with Crippen molar-refractivity contribution in [2.24, 2.45) is 7.05 Å². The van der Waals surface area contributed by atoms with Crippen LogP contribution in [0.15, 0.2) is 65.5 Å². The Morgan fingerprint density at radius 3 is 1.77 bits per heavy atom. The zero-order valence-corrected chi connectivity index (χ0v) is 13.1. The van der Waals surface area contributed by atoms with E-state index < -0.39 is 0 Å². The average Bonchev–Trinajstić information content (AvgIpc) is 2.55. The van der Waals surface area contributed by atoms with E-state index >= 15 is 0 Å². The van der Waals surface area contributed by atoms with Gasteiger partial charge in [0.25, 0.3) is 5.56 Å². The number of benzene rings is 2. The molecule has 0 aliphatic heterocycles. The summed E-state index contributed by atoms with van der Waals surface area (Å²) in [4.78, 5) is 12.9. The van der Waals surface area contributed by atoms with Gasteiger partial charge in [-0.3, -0.25) is 4.79 Å². The molecule has 2 heteroatoms. The number of hydrogen-bond donors (Lipinski definition) is 0. The third kappa shape index (κ3) is 2.27. The zero-order chi connectivity index (χ0) is 15.7. The molecule has 22 heavy (non-hydrogen) atoms. The first-order valence-corrected chi connectivity index (χ1v) is 7.42. The monoisotopic (exact) mass is 289 g/mol. The fourth-order valence-corrected chi connectivity index (χ4v) is 3.00. The summed E-state index contributed by atoms with van der Waals surface area (Å²) in [6.07, 6.45) is 0. The van der Waals surface area contributed by atoms with Crippen molar-refractivity contribution in [1.82, 2.24) is 4.57 Å². The van der Waals surface area contributed by atoms with Crippen LogP contribution in [0.2, 0.25) is 0 Å². The van der Waals surface area contributed by atoms with E-state index in [4.69, 9.17) is 0 Å². The Morgan fingerprint density at radius 2 is 1.23 bits per heavy atom. The van der Waals surface area contributed by atoms with Crippen LogP contribution in [0.4, 0.5) is 0 Å². The maximum Gasteiger partial charge on any atom is 0.258 e. The number of aromatic nitrogens is 1. The largest absolute Gasteiger partial charge is 0.311 e. The highest BCUT2D eigenvalue weighted by Crippen LogP contribution is 2.29. The summed E-state index contributed by atoms with van der Waals surface area (Å²) in [7, 11) is 1.85. The number of hydrogen-bond acceptors (Lipinski definition) is 1. The van der Waals surface area contributed by atoms with Crippen LogP contribution in [0.1, 0.15) is 11.1 Å². The van der Waals surface area contributed by atoms with Crippen molar-refractivity contribution in [3.05, 3.63) is 82.1 Å². The van der Waals surface area contributed by atoms with E-state index in [9.17, 15) is 4.79 Å². The minimum Gasteiger partial charge on any atom is -0.311 e. The van der Waals surface area contributed by atoms with E-state index in [1.54, 1.807) is 4.57 Å². The topological polar surface area (TPSA) is 22.0 Å². The van der Waals surface area contributed by atoms with Gasteiger partial charge in [0.2, 0.25) is 0 Å². The van der Waals surface area contributed by atoms with Crippen LogP contribution in [-0.4, -0.2) is 4.57 Å². The van der Waals surface area contributed by atoms with Crippen molar-refractivity contribution < 1.29 is 0 Å². The molecule has 0 atom stereocenters. The van der Waals surface area contributed by atoms with E-state index in [0.29, 0.717) is 0 Å². The quantitative estimate of drug-likeness (QED) is 0.688. The molecule has 0 spiro atoms. The summed E-state index contributed by atoms with van der Waals surface area (Å²) in [6.45, 7) is 4.12. The lowest BCUT2D eigenvalue weighted by molar-refractivity contribution is 0.860. The maximum absolute atomic E-state index is 12.9. The van der Waals surface area contributed by atoms with E-state index in [0.717, 1.165) is 33.5 Å². The smallest absolute Gasteiger partial charge is 0.258 e. The van der Waals surface area contributed by atoms with Gasteiger partial charge in [0.1, 0.15) is 0 Å². The molecule has 0 amide bonds. The highest BCUT2D eigenvalue weighted by molar-refractivity contribution is 5.74. The molecule has 3 rings (SSSR count). The molecular weight excluding hydrogens is 270 g/mol. The maximum atomic E-state index is 12.9. The van der Waals surface area contributed by atoms with Crippen LogP contribution in [0.5, 0.6) is 0 Å². The highest BCUT2D eigenvalue weighted by Gasteiger charge is 2.16. The molecule has 1 aromatic heterocycles. The van der Waals surface area contributed by atoms with E-state index in [2.05, 4.69) is 6.92 Å². The molecule has 0 unspecified atom stereocenters. The summed E-state index contributed by atoms with van der Waals surface area (Å²) in [5.41, 5.74) is 6.07. The fourth-order valence-electron chi connectivity index (χ4n) is 3.00. The Labute approximate surface area is 130 Å². The molecule has 0 N–H and O–H groups in total. The number of nitrogens with zero attached hydrogens (tertiary/aromatic N) is 1. The van der Waals surface area contributed by atoms with Gasteiger partial charge in [-0.15, -0.1) is 0 Å². The van der Waals surface area contributed by atoms with Crippen LogP contribution >= 0.6 is 0 Å². The van der Waals surface area contributed by atoms with Gasteiger partial charge in [0.15, 0.2) is 0 Å². The molecule has 0 fully saturated rings. The Morgan fingerprint density at radius 1 is 0.727 bits per heavy atom. The van der Waals surface area contributed by atoms with Crippen molar-refractivity contribution in [3.63, 3.8) is 0 Å². The van der Waals surface area contributed by atoms with E-state index in [-0.39, 0.29) is 5.56 Å². The predicted molar refractivity (Wildman–Crippen MR) is 92.0 cm³/mol. The Balaban J connectivity index is 2.34. The van der Waals surface area contributed by atoms with Gasteiger partial charge in [-0.1, -0.05) is 60.7 Å². The standard InChI is InChI=1S/C20H19NO/c1-14-15(2)19(17-12-8-5-9-13-17)21(3)20(22)18(14)16-10-6-4-7-11-16/h4-13H,1-3H3. The Kier molecular flexibility index (Phi) is 3.68. The number of pyridine rings is 1. The Bertz CT molecular complexity index is 862. The molecule has 2 aromatic carbocycles. The van der Waals surface area contributed by atoms with Gasteiger partial charge in [-0.2, -0.15) is 0 Å². The highest BCUT2D eigenvalue weighted by atomic mass is 16.1. The molecule has 0 aliphatic carbocycles. The van der Waals surface area contributed by atoms with E-state index in [1.807, 2.05) is 74.6 Å². The molecule has 2 nitrogen and oxygen atoms in total. The van der Waals surface area contributed by atoms with Gasteiger partial charge in [0.05, 0.1) is 11.3 Å². The molecular formula is C20H19NO. The second-order valence-corrected chi connectivity index (χ2v) is 5.57. The van der Waals surface area contributed by atoms with Crippen molar-refractivity contribution in [3.8, 4) is 22.4 Å². The predicted octanol–water partition coefficient (Wildman–Crippen LogP) is 4.34. The number of rotatable bonds is 2.